The van der Waals surface area contributed by atoms with Gasteiger partial charge in [-0.15, -0.1) is 0 Å². The van der Waals surface area contributed by atoms with Gasteiger partial charge in [0.2, 0.25) is 0 Å². The van der Waals surface area contributed by atoms with Crippen molar-refractivity contribution in [3.63, 3.8) is 0 Å². The fourth-order valence-electron chi connectivity index (χ4n) is 2.44. The van der Waals surface area contributed by atoms with Crippen molar-refractivity contribution in [1.82, 2.24) is 0 Å². The number of aliphatic hydroxyl groups is 1. The summed E-state index contributed by atoms with van der Waals surface area (Å²) < 4.78 is 0. The van der Waals surface area contributed by atoms with Gasteiger partial charge in [-0.1, -0.05) is 82.7 Å². The molecule has 3 N–H and O–H groups in total. The minimum Gasteiger partial charge on any atom is -0.391 e. The minimum atomic E-state index is -0.578. The van der Waals surface area contributed by atoms with Gasteiger partial charge in [0.15, 0.2) is 0 Å². The number of unbranched alkanes of at least 4 members (excludes halogenated alkanes) is 10. The molecule has 2 unspecified atom stereocenters. The van der Waals surface area contributed by atoms with Crippen LogP contribution in [-0.4, -0.2) is 23.8 Å². The first-order valence-electron chi connectivity index (χ1n) is 8.45. The van der Waals surface area contributed by atoms with E-state index in [0.29, 0.717) is 6.42 Å². The maximum atomic E-state index is 10.0. The molecule has 0 saturated heterocycles. The Hall–Kier alpha value is -0.480. The molecular weight excluding hydrogens is 252 g/mol. The first-order chi connectivity index (χ1) is 9.72. The molecule has 0 aliphatic rings. The van der Waals surface area contributed by atoms with E-state index in [1.807, 2.05) is 0 Å². The number of aliphatic hydroxyl groups excluding tert-OH is 1. The van der Waals surface area contributed by atoms with E-state index in [2.05, 4.69) is 12.1 Å². The number of rotatable bonds is 15. The van der Waals surface area contributed by atoms with Crippen LogP contribution in [0.2, 0.25) is 0 Å². The summed E-state index contributed by atoms with van der Waals surface area (Å²) in [5.74, 6) is 0. The highest BCUT2D eigenvalue weighted by molar-refractivity contribution is 4.73. The Morgan fingerprint density at radius 1 is 0.900 bits per heavy atom. The molecule has 2 atom stereocenters. The number of hydrogen-bond acceptors (Lipinski definition) is 4. The van der Waals surface area contributed by atoms with Gasteiger partial charge in [0.1, 0.15) is 0 Å². The van der Waals surface area contributed by atoms with Crippen LogP contribution in [0.4, 0.5) is 0 Å². The van der Waals surface area contributed by atoms with E-state index in [1.54, 1.807) is 0 Å². The van der Waals surface area contributed by atoms with E-state index in [0.717, 1.165) is 12.8 Å². The predicted molar refractivity (Wildman–Crippen MR) is 85.7 cm³/mol. The first kappa shape index (κ1) is 19.5. The lowest BCUT2D eigenvalue weighted by molar-refractivity contribution is 0.134. The molecule has 120 valence electrons. The standard InChI is InChI=1S/C16H34N2O2/c1-2-3-4-5-6-7-8-9-10-11-12-13-16(19)15(17)14-18-20/h15-16,19H,2-14,17H2,1H3. The largest absolute Gasteiger partial charge is 0.391 e. The molecule has 4 nitrogen and oxygen atoms in total. The van der Waals surface area contributed by atoms with Crippen LogP contribution in [0.3, 0.4) is 0 Å². The van der Waals surface area contributed by atoms with E-state index in [4.69, 9.17) is 5.73 Å². The SMILES string of the molecule is CCCCCCCCCCCCCC(O)C(N)CN=O. The Bertz CT molecular complexity index is 213. The van der Waals surface area contributed by atoms with Crippen molar-refractivity contribution in [2.24, 2.45) is 10.9 Å². The van der Waals surface area contributed by atoms with Crippen molar-refractivity contribution in [3.8, 4) is 0 Å². The van der Waals surface area contributed by atoms with Crippen LogP contribution in [0.5, 0.6) is 0 Å². The molecule has 0 aromatic carbocycles. The summed E-state index contributed by atoms with van der Waals surface area (Å²) in [6.45, 7) is 2.26. The Morgan fingerprint density at radius 2 is 1.35 bits per heavy atom. The summed E-state index contributed by atoms with van der Waals surface area (Å²) in [6, 6.07) is -0.490. The maximum Gasteiger partial charge on any atom is 0.0987 e. The Balaban J connectivity index is 3.18. The fraction of sp³-hybridized carbons (Fsp3) is 1.00. The molecule has 0 aromatic heterocycles. The van der Waals surface area contributed by atoms with Gasteiger partial charge in [-0.25, -0.2) is 0 Å². The Kier molecular flexibility index (Phi) is 14.6. The van der Waals surface area contributed by atoms with Crippen molar-refractivity contribution >= 4 is 0 Å². The first-order valence-corrected chi connectivity index (χ1v) is 8.45. The molecule has 0 rings (SSSR count). The summed E-state index contributed by atoms with van der Waals surface area (Å²) in [4.78, 5) is 10.0. The van der Waals surface area contributed by atoms with Crippen molar-refractivity contribution in [2.45, 2.75) is 96.1 Å². The predicted octanol–water partition coefficient (Wildman–Crippen LogP) is 4.14. The summed E-state index contributed by atoms with van der Waals surface area (Å²) >= 11 is 0. The molecule has 0 aliphatic carbocycles. The smallest absolute Gasteiger partial charge is 0.0987 e. The highest BCUT2D eigenvalue weighted by atomic mass is 16.3. The van der Waals surface area contributed by atoms with Gasteiger partial charge in [0.25, 0.3) is 0 Å². The topological polar surface area (TPSA) is 75.7 Å². The average molecular weight is 286 g/mol. The van der Waals surface area contributed by atoms with Crippen LogP contribution >= 0.6 is 0 Å². The molecule has 0 aromatic rings. The van der Waals surface area contributed by atoms with Gasteiger partial charge in [-0.2, -0.15) is 4.91 Å². The molecule has 0 fully saturated rings. The summed E-state index contributed by atoms with van der Waals surface area (Å²) in [5, 5.41) is 12.4. The van der Waals surface area contributed by atoms with E-state index >= 15 is 0 Å². The van der Waals surface area contributed by atoms with Crippen LogP contribution in [0, 0.1) is 4.91 Å². The highest BCUT2D eigenvalue weighted by Gasteiger charge is 2.13. The van der Waals surface area contributed by atoms with Gasteiger partial charge in [0.05, 0.1) is 18.7 Å². The van der Waals surface area contributed by atoms with E-state index in [-0.39, 0.29) is 6.54 Å². The number of nitrogens with zero attached hydrogens (tertiary/aromatic N) is 1. The normalized spacial score (nSPS) is 14.2. The van der Waals surface area contributed by atoms with Gasteiger partial charge < -0.3 is 10.8 Å². The number of hydrogen-bond donors (Lipinski definition) is 2. The molecule has 0 bridgehead atoms. The van der Waals surface area contributed by atoms with Crippen molar-refractivity contribution < 1.29 is 5.11 Å². The molecule has 0 saturated carbocycles. The van der Waals surface area contributed by atoms with E-state index < -0.39 is 12.1 Å². The zero-order valence-corrected chi connectivity index (χ0v) is 13.2. The number of nitroso groups, excluding NO2 is 1. The van der Waals surface area contributed by atoms with Crippen molar-refractivity contribution in [3.05, 3.63) is 4.91 Å². The van der Waals surface area contributed by atoms with Crippen LogP contribution < -0.4 is 5.73 Å². The zero-order chi connectivity index (χ0) is 15.1. The minimum absolute atomic E-state index is 0.0131. The maximum absolute atomic E-state index is 10.0. The molecule has 20 heavy (non-hydrogen) atoms. The quantitative estimate of drug-likeness (QED) is 0.351. The monoisotopic (exact) mass is 286 g/mol. The second-order valence-corrected chi connectivity index (χ2v) is 5.87. The van der Waals surface area contributed by atoms with Crippen LogP contribution in [0.1, 0.15) is 84.0 Å². The molecule has 0 amide bonds. The van der Waals surface area contributed by atoms with Gasteiger partial charge in [-0.05, 0) is 6.42 Å². The van der Waals surface area contributed by atoms with E-state index in [1.165, 1.54) is 57.8 Å². The molecule has 0 aliphatic heterocycles. The van der Waals surface area contributed by atoms with Crippen LogP contribution in [-0.2, 0) is 0 Å². The molecule has 0 radical (unpaired) electrons. The third-order valence-corrected chi connectivity index (χ3v) is 3.88. The van der Waals surface area contributed by atoms with E-state index in [9.17, 15) is 10.0 Å². The second kappa shape index (κ2) is 14.9. The van der Waals surface area contributed by atoms with Gasteiger partial charge in [0, 0.05) is 0 Å². The zero-order valence-electron chi connectivity index (χ0n) is 13.2. The molecule has 0 spiro atoms. The summed E-state index contributed by atoms with van der Waals surface area (Å²) in [5.41, 5.74) is 5.61. The lowest BCUT2D eigenvalue weighted by Crippen LogP contribution is -2.37. The molecule has 4 heteroatoms. The summed E-state index contributed by atoms with van der Waals surface area (Å²) in [7, 11) is 0. The second-order valence-electron chi connectivity index (χ2n) is 5.87. The third-order valence-electron chi connectivity index (χ3n) is 3.88. The lowest BCUT2D eigenvalue weighted by atomic mass is 10.0. The highest BCUT2D eigenvalue weighted by Crippen LogP contribution is 2.13. The lowest BCUT2D eigenvalue weighted by Gasteiger charge is -2.15. The third kappa shape index (κ3) is 12.5. The van der Waals surface area contributed by atoms with Gasteiger partial charge >= 0.3 is 0 Å². The van der Waals surface area contributed by atoms with Crippen LogP contribution in [0.25, 0.3) is 0 Å². The Labute approximate surface area is 124 Å². The van der Waals surface area contributed by atoms with Crippen LogP contribution in [0.15, 0.2) is 5.18 Å². The molecule has 0 heterocycles. The average Bonchev–Trinajstić information content (AvgIpc) is 2.44. The number of nitrogens with two attached hydrogens (primary N) is 1. The van der Waals surface area contributed by atoms with Crippen molar-refractivity contribution in [1.29, 1.82) is 0 Å². The summed E-state index contributed by atoms with van der Waals surface area (Å²) in [6.07, 6.45) is 14.3. The fourth-order valence-corrected chi connectivity index (χ4v) is 2.44. The van der Waals surface area contributed by atoms with Crippen molar-refractivity contribution in [2.75, 3.05) is 6.54 Å². The Morgan fingerprint density at radius 3 is 1.80 bits per heavy atom. The van der Waals surface area contributed by atoms with Gasteiger partial charge in [-0.3, -0.25) is 0 Å². The molecular formula is C16H34N2O2.